The number of hydrogen-bond acceptors (Lipinski definition) is 4. The molecule has 0 saturated carbocycles. The molecular weight excluding hydrogens is 320 g/mol. The third kappa shape index (κ3) is 4.09. The van der Waals surface area contributed by atoms with Gasteiger partial charge in [-0.25, -0.2) is 0 Å². The van der Waals surface area contributed by atoms with E-state index in [1.807, 2.05) is 43.3 Å². The van der Waals surface area contributed by atoms with Gasteiger partial charge in [-0.2, -0.15) is 0 Å². The Morgan fingerprint density at radius 3 is 2.72 bits per heavy atom. The van der Waals surface area contributed by atoms with Crippen molar-refractivity contribution in [2.45, 2.75) is 26.1 Å². The van der Waals surface area contributed by atoms with Gasteiger partial charge in [0, 0.05) is 25.2 Å². The van der Waals surface area contributed by atoms with E-state index in [9.17, 15) is 9.59 Å². The van der Waals surface area contributed by atoms with Crippen molar-refractivity contribution < 1.29 is 18.7 Å². The molecule has 6 heteroatoms. The average Bonchev–Trinajstić information content (AvgIpc) is 3.15. The number of amides is 2. The molecule has 6 nitrogen and oxygen atoms in total. The first-order valence-electron chi connectivity index (χ1n) is 8.40. The van der Waals surface area contributed by atoms with E-state index in [-0.39, 0.29) is 25.0 Å². The number of benzene rings is 1. The highest BCUT2D eigenvalue weighted by Crippen LogP contribution is 2.17. The molecule has 132 valence electrons. The van der Waals surface area contributed by atoms with Gasteiger partial charge < -0.3 is 19.0 Å². The third-order valence-corrected chi connectivity index (χ3v) is 4.33. The fourth-order valence-corrected chi connectivity index (χ4v) is 2.95. The van der Waals surface area contributed by atoms with Gasteiger partial charge in [-0.05, 0) is 18.6 Å². The summed E-state index contributed by atoms with van der Waals surface area (Å²) in [6, 6.07) is 10.9. The minimum Gasteiger partial charge on any atom is -0.472 e. The van der Waals surface area contributed by atoms with Gasteiger partial charge in [-0.3, -0.25) is 9.59 Å². The van der Waals surface area contributed by atoms with Gasteiger partial charge in [0.05, 0.1) is 19.1 Å². The molecule has 0 N–H and O–H groups in total. The van der Waals surface area contributed by atoms with Crippen LogP contribution in [0.3, 0.4) is 0 Å². The molecule has 0 aliphatic carbocycles. The second-order valence-electron chi connectivity index (χ2n) is 6.02. The fraction of sp³-hybridized carbons (Fsp3) is 0.368. The smallest absolute Gasteiger partial charge is 0.249 e. The van der Waals surface area contributed by atoms with Gasteiger partial charge >= 0.3 is 0 Å². The zero-order valence-corrected chi connectivity index (χ0v) is 14.3. The Hall–Kier alpha value is -2.60. The largest absolute Gasteiger partial charge is 0.472 e. The van der Waals surface area contributed by atoms with Crippen LogP contribution in [0.4, 0.5) is 0 Å². The predicted molar refractivity (Wildman–Crippen MR) is 91.4 cm³/mol. The summed E-state index contributed by atoms with van der Waals surface area (Å²) in [7, 11) is 0. The quantitative estimate of drug-likeness (QED) is 0.806. The zero-order chi connectivity index (χ0) is 17.6. The van der Waals surface area contributed by atoms with Crippen LogP contribution in [0.25, 0.3) is 0 Å². The molecule has 3 rings (SSSR count). The number of morpholine rings is 1. The van der Waals surface area contributed by atoms with Crippen LogP contribution in [0.1, 0.15) is 18.1 Å². The van der Waals surface area contributed by atoms with Crippen molar-refractivity contribution in [1.29, 1.82) is 0 Å². The summed E-state index contributed by atoms with van der Waals surface area (Å²) in [6.07, 6.45) is 3.21. The first-order valence-corrected chi connectivity index (χ1v) is 8.40. The molecule has 0 unspecified atom stereocenters. The normalized spacial score (nSPS) is 17.6. The van der Waals surface area contributed by atoms with Crippen LogP contribution in [-0.4, -0.2) is 47.4 Å². The van der Waals surface area contributed by atoms with Crippen molar-refractivity contribution >= 4 is 11.8 Å². The maximum atomic E-state index is 13.0. The molecule has 2 heterocycles. The summed E-state index contributed by atoms with van der Waals surface area (Å²) >= 11 is 0. The summed E-state index contributed by atoms with van der Waals surface area (Å²) in [5.41, 5.74) is 1.92. The maximum Gasteiger partial charge on any atom is 0.249 e. The van der Waals surface area contributed by atoms with Crippen LogP contribution in [-0.2, 0) is 27.4 Å². The van der Waals surface area contributed by atoms with Crippen LogP contribution in [0.2, 0.25) is 0 Å². The highest BCUT2D eigenvalue weighted by atomic mass is 16.5. The standard InChI is InChI=1S/C19H22N2O4/c1-2-20(10-16-8-9-24-12-16)19(23)17-13-25-14-18(22)21(17)11-15-6-4-3-5-7-15/h3-9,12,17H,2,10-11,13-14H2,1H3/t17-/m1/s1. The molecular formula is C19H22N2O4. The lowest BCUT2D eigenvalue weighted by Gasteiger charge is -2.37. The first kappa shape index (κ1) is 17.2. The number of likely N-dealkylation sites (N-methyl/N-ethyl adjacent to an activating group) is 1. The van der Waals surface area contributed by atoms with E-state index >= 15 is 0 Å². The van der Waals surface area contributed by atoms with Crippen molar-refractivity contribution in [1.82, 2.24) is 9.80 Å². The van der Waals surface area contributed by atoms with Crippen LogP contribution < -0.4 is 0 Å². The first-order chi connectivity index (χ1) is 12.2. The molecule has 2 aromatic rings. The molecule has 1 atom stereocenters. The summed E-state index contributed by atoms with van der Waals surface area (Å²) in [5.74, 6) is -0.263. The minimum absolute atomic E-state index is 0.0183. The fourth-order valence-electron chi connectivity index (χ4n) is 2.95. The molecule has 0 bridgehead atoms. The Morgan fingerprint density at radius 2 is 2.04 bits per heavy atom. The molecule has 1 aromatic heterocycles. The van der Waals surface area contributed by atoms with E-state index < -0.39 is 6.04 Å². The molecule has 0 radical (unpaired) electrons. The van der Waals surface area contributed by atoms with Crippen molar-refractivity contribution in [3.05, 3.63) is 60.1 Å². The van der Waals surface area contributed by atoms with Crippen LogP contribution >= 0.6 is 0 Å². The summed E-state index contributed by atoms with van der Waals surface area (Å²) in [5, 5.41) is 0. The van der Waals surface area contributed by atoms with Crippen molar-refractivity contribution in [2.75, 3.05) is 19.8 Å². The van der Waals surface area contributed by atoms with Gasteiger partial charge in [0.15, 0.2) is 0 Å². The monoisotopic (exact) mass is 342 g/mol. The maximum absolute atomic E-state index is 13.0. The highest BCUT2D eigenvalue weighted by Gasteiger charge is 2.36. The topological polar surface area (TPSA) is 63.0 Å². The van der Waals surface area contributed by atoms with Crippen molar-refractivity contribution in [3.8, 4) is 0 Å². The number of carbonyl (C=O) groups is 2. The van der Waals surface area contributed by atoms with E-state index in [0.29, 0.717) is 19.6 Å². The van der Waals surface area contributed by atoms with E-state index in [2.05, 4.69) is 0 Å². The highest BCUT2D eigenvalue weighted by molar-refractivity contribution is 5.89. The van der Waals surface area contributed by atoms with Gasteiger partial charge in [0.1, 0.15) is 12.6 Å². The van der Waals surface area contributed by atoms with Gasteiger partial charge in [-0.15, -0.1) is 0 Å². The molecule has 25 heavy (non-hydrogen) atoms. The van der Waals surface area contributed by atoms with Crippen molar-refractivity contribution in [3.63, 3.8) is 0 Å². The summed E-state index contributed by atoms with van der Waals surface area (Å²) in [4.78, 5) is 28.7. The molecule has 1 aliphatic heterocycles. The van der Waals surface area contributed by atoms with Crippen LogP contribution in [0, 0.1) is 0 Å². The molecule has 0 spiro atoms. The summed E-state index contributed by atoms with van der Waals surface area (Å²) < 4.78 is 10.4. The Morgan fingerprint density at radius 1 is 1.24 bits per heavy atom. The van der Waals surface area contributed by atoms with Gasteiger partial charge in [0.25, 0.3) is 0 Å². The number of hydrogen-bond donors (Lipinski definition) is 0. The van der Waals surface area contributed by atoms with Crippen molar-refractivity contribution in [2.24, 2.45) is 0 Å². The number of ether oxygens (including phenoxy) is 1. The van der Waals surface area contributed by atoms with Gasteiger partial charge in [-0.1, -0.05) is 30.3 Å². The molecule has 1 aromatic carbocycles. The Labute approximate surface area is 147 Å². The molecule has 1 aliphatic rings. The Balaban J connectivity index is 1.76. The second-order valence-corrected chi connectivity index (χ2v) is 6.02. The van der Waals surface area contributed by atoms with Crippen LogP contribution in [0.15, 0.2) is 53.3 Å². The summed E-state index contributed by atoms with van der Waals surface area (Å²) in [6.45, 7) is 3.57. The zero-order valence-electron chi connectivity index (χ0n) is 14.3. The lowest BCUT2D eigenvalue weighted by molar-refractivity contribution is -0.160. The number of rotatable bonds is 6. The molecule has 1 saturated heterocycles. The number of carbonyl (C=O) groups excluding carboxylic acids is 2. The van der Waals surface area contributed by atoms with E-state index in [1.54, 1.807) is 22.3 Å². The Bertz CT molecular complexity index is 699. The minimum atomic E-state index is -0.603. The molecule has 2 amide bonds. The molecule has 1 fully saturated rings. The SMILES string of the molecule is CCN(Cc1ccoc1)C(=O)[C@H]1COCC(=O)N1Cc1ccccc1. The number of furan rings is 1. The Kier molecular flexibility index (Phi) is 5.50. The predicted octanol–water partition coefficient (Wildman–Crippen LogP) is 2.06. The third-order valence-electron chi connectivity index (χ3n) is 4.33. The van der Waals surface area contributed by atoms with E-state index in [1.165, 1.54) is 0 Å². The second kappa shape index (κ2) is 7.98. The van der Waals surface area contributed by atoms with Crippen LogP contribution in [0.5, 0.6) is 0 Å². The lowest BCUT2D eigenvalue weighted by atomic mass is 10.1. The van der Waals surface area contributed by atoms with E-state index in [4.69, 9.17) is 9.15 Å². The lowest BCUT2D eigenvalue weighted by Crippen LogP contribution is -2.56. The van der Waals surface area contributed by atoms with Gasteiger partial charge in [0.2, 0.25) is 11.8 Å². The average molecular weight is 342 g/mol. The number of nitrogens with zero attached hydrogens (tertiary/aromatic N) is 2. The van der Waals surface area contributed by atoms with E-state index in [0.717, 1.165) is 11.1 Å².